The summed E-state index contributed by atoms with van der Waals surface area (Å²) in [7, 11) is 5.81. The van der Waals surface area contributed by atoms with E-state index in [0.29, 0.717) is 28.7 Å². The molecular formula is C20H24N2O7. The number of rotatable bonds is 9. The topological polar surface area (TPSA) is 115 Å². The van der Waals surface area contributed by atoms with Crippen LogP contribution in [0.25, 0.3) is 0 Å². The Hall–Kier alpha value is -3.46. The van der Waals surface area contributed by atoms with Gasteiger partial charge >= 0.3 is 0 Å². The van der Waals surface area contributed by atoms with Crippen molar-refractivity contribution in [1.29, 1.82) is 0 Å². The highest BCUT2D eigenvalue weighted by molar-refractivity contribution is 6.01. The smallest absolute Gasteiger partial charge is 0.252 e. The Morgan fingerprint density at radius 1 is 0.966 bits per heavy atom. The van der Waals surface area contributed by atoms with Crippen LogP contribution in [-0.2, 0) is 4.79 Å². The number of hydrogen-bond donors (Lipinski definition) is 3. The maximum atomic E-state index is 12.6. The van der Waals surface area contributed by atoms with Crippen LogP contribution >= 0.6 is 0 Å². The summed E-state index contributed by atoms with van der Waals surface area (Å²) < 4.78 is 20.8. The number of aliphatic hydroxyl groups is 1. The van der Waals surface area contributed by atoms with E-state index in [2.05, 4.69) is 10.6 Å². The van der Waals surface area contributed by atoms with E-state index in [1.807, 2.05) is 0 Å². The van der Waals surface area contributed by atoms with Crippen LogP contribution in [0.2, 0.25) is 0 Å². The molecule has 0 saturated carbocycles. The zero-order chi connectivity index (χ0) is 21.4. The summed E-state index contributed by atoms with van der Waals surface area (Å²) >= 11 is 0. The van der Waals surface area contributed by atoms with E-state index in [0.717, 1.165) is 0 Å². The van der Waals surface area contributed by atoms with Crippen molar-refractivity contribution in [2.75, 3.05) is 40.4 Å². The Kier molecular flexibility index (Phi) is 7.67. The van der Waals surface area contributed by atoms with Crippen molar-refractivity contribution >= 4 is 17.5 Å². The summed E-state index contributed by atoms with van der Waals surface area (Å²) in [6, 6.07) is 8.44. The summed E-state index contributed by atoms with van der Waals surface area (Å²) in [6.07, 6.45) is 0. The SMILES string of the molecule is COc1cccc(NC(=O)[C@H](CO)NC(=O)c2cc(OC)c(OC)c(OC)c2)c1. The second-order valence-electron chi connectivity index (χ2n) is 5.84. The number of carbonyl (C=O) groups is 2. The van der Waals surface area contributed by atoms with Crippen molar-refractivity contribution in [3.63, 3.8) is 0 Å². The molecule has 0 saturated heterocycles. The zero-order valence-electron chi connectivity index (χ0n) is 16.6. The highest BCUT2D eigenvalue weighted by Crippen LogP contribution is 2.38. The van der Waals surface area contributed by atoms with Crippen LogP contribution in [-0.4, -0.2) is 58.0 Å². The van der Waals surface area contributed by atoms with Gasteiger partial charge in [0.2, 0.25) is 11.7 Å². The first kappa shape index (κ1) is 21.8. The number of anilines is 1. The van der Waals surface area contributed by atoms with Crippen molar-refractivity contribution in [1.82, 2.24) is 5.32 Å². The second kappa shape index (κ2) is 10.2. The lowest BCUT2D eigenvalue weighted by Gasteiger charge is -2.18. The summed E-state index contributed by atoms with van der Waals surface area (Å²) in [5, 5.41) is 14.7. The van der Waals surface area contributed by atoms with Crippen molar-refractivity contribution in [2.24, 2.45) is 0 Å². The predicted molar refractivity (Wildman–Crippen MR) is 106 cm³/mol. The van der Waals surface area contributed by atoms with E-state index in [9.17, 15) is 14.7 Å². The van der Waals surface area contributed by atoms with Gasteiger partial charge in [-0.05, 0) is 24.3 Å². The van der Waals surface area contributed by atoms with Gasteiger partial charge in [-0.25, -0.2) is 0 Å². The van der Waals surface area contributed by atoms with Crippen molar-refractivity contribution in [2.45, 2.75) is 6.04 Å². The van der Waals surface area contributed by atoms with Crippen LogP contribution in [0.15, 0.2) is 36.4 Å². The van der Waals surface area contributed by atoms with E-state index < -0.39 is 24.5 Å². The quantitative estimate of drug-likeness (QED) is 0.579. The third-order valence-corrected chi connectivity index (χ3v) is 4.07. The van der Waals surface area contributed by atoms with Crippen LogP contribution in [0.3, 0.4) is 0 Å². The molecule has 2 aromatic carbocycles. The molecule has 0 aliphatic heterocycles. The molecular weight excluding hydrogens is 380 g/mol. The van der Waals surface area contributed by atoms with Crippen LogP contribution in [0.1, 0.15) is 10.4 Å². The number of nitrogens with one attached hydrogen (secondary N) is 2. The normalized spacial score (nSPS) is 11.2. The molecule has 156 valence electrons. The van der Waals surface area contributed by atoms with Gasteiger partial charge in [0.05, 0.1) is 35.0 Å². The number of ether oxygens (including phenoxy) is 4. The monoisotopic (exact) mass is 404 g/mol. The van der Waals surface area contributed by atoms with Gasteiger partial charge < -0.3 is 34.7 Å². The van der Waals surface area contributed by atoms with Gasteiger partial charge in [0.1, 0.15) is 11.8 Å². The average molecular weight is 404 g/mol. The van der Waals surface area contributed by atoms with E-state index in [1.165, 1.54) is 40.6 Å². The van der Waals surface area contributed by atoms with E-state index in [-0.39, 0.29) is 5.56 Å². The van der Waals surface area contributed by atoms with Crippen LogP contribution in [0.4, 0.5) is 5.69 Å². The van der Waals surface area contributed by atoms with Crippen LogP contribution in [0, 0.1) is 0 Å². The fourth-order valence-electron chi connectivity index (χ4n) is 2.58. The number of aliphatic hydroxyl groups excluding tert-OH is 1. The predicted octanol–water partition coefficient (Wildman–Crippen LogP) is 1.45. The lowest BCUT2D eigenvalue weighted by atomic mass is 10.1. The molecule has 0 spiro atoms. The third-order valence-electron chi connectivity index (χ3n) is 4.07. The molecule has 2 aromatic rings. The molecule has 0 aliphatic carbocycles. The Labute approximate surface area is 168 Å². The Balaban J connectivity index is 2.17. The first-order chi connectivity index (χ1) is 14.0. The standard InChI is InChI=1S/C20H24N2O7/c1-26-14-7-5-6-13(10-14)21-20(25)15(11-23)22-19(24)12-8-16(27-2)18(29-4)17(9-12)28-3/h5-10,15,23H,11H2,1-4H3,(H,21,25)(H,22,24)/t15-/m0/s1. The van der Waals surface area contributed by atoms with E-state index >= 15 is 0 Å². The summed E-state index contributed by atoms with van der Waals surface area (Å²) in [4.78, 5) is 25.1. The first-order valence-corrected chi connectivity index (χ1v) is 8.64. The summed E-state index contributed by atoms with van der Waals surface area (Å²) in [6.45, 7) is -0.591. The fraction of sp³-hybridized carbons (Fsp3) is 0.300. The molecule has 29 heavy (non-hydrogen) atoms. The Morgan fingerprint density at radius 2 is 1.62 bits per heavy atom. The van der Waals surface area contributed by atoms with Gasteiger partial charge in [-0.2, -0.15) is 0 Å². The van der Waals surface area contributed by atoms with Gasteiger partial charge in [-0.3, -0.25) is 9.59 Å². The Morgan fingerprint density at radius 3 is 2.14 bits per heavy atom. The lowest BCUT2D eigenvalue weighted by Crippen LogP contribution is -2.46. The molecule has 9 heteroatoms. The molecule has 0 heterocycles. The number of amides is 2. The van der Waals surface area contributed by atoms with Crippen molar-refractivity contribution in [3.8, 4) is 23.0 Å². The minimum atomic E-state index is -1.17. The lowest BCUT2D eigenvalue weighted by molar-refractivity contribution is -0.118. The average Bonchev–Trinajstić information content (AvgIpc) is 2.75. The molecule has 0 aliphatic rings. The first-order valence-electron chi connectivity index (χ1n) is 8.64. The molecule has 0 fully saturated rings. The van der Waals surface area contributed by atoms with E-state index in [4.69, 9.17) is 18.9 Å². The minimum absolute atomic E-state index is 0.173. The molecule has 0 unspecified atom stereocenters. The third kappa shape index (κ3) is 5.29. The highest BCUT2D eigenvalue weighted by Gasteiger charge is 2.23. The van der Waals surface area contributed by atoms with Crippen molar-refractivity contribution in [3.05, 3.63) is 42.0 Å². The van der Waals surface area contributed by atoms with Crippen LogP contribution < -0.4 is 29.6 Å². The Bertz CT molecular complexity index is 845. The molecule has 2 amide bonds. The summed E-state index contributed by atoms with van der Waals surface area (Å²) in [5.74, 6) is 0.299. The summed E-state index contributed by atoms with van der Waals surface area (Å²) in [5.41, 5.74) is 0.641. The molecule has 1 atom stereocenters. The van der Waals surface area contributed by atoms with Gasteiger partial charge in [0.25, 0.3) is 5.91 Å². The van der Waals surface area contributed by atoms with Gasteiger partial charge in [0.15, 0.2) is 11.5 Å². The highest BCUT2D eigenvalue weighted by atomic mass is 16.5. The largest absolute Gasteiger partial charge is 0.497 e. The number of methoxy groups -OCH3 is 4. The van der Waals surface area contributed by atoms with Gasteiger partial charge in [-0.15, -0.1) is 0 Å². The fourth-order valence-corrected chi connectivity index (χ4v) is 2.58. The molecule has 0 aromatic heterocycles. The molecule has 0 radical (unpaired) electrons. The zero-order valence-corrected chi connectivity index (χ0v) is 16.6. The molecule has 2 rings (SSSR count). The van der Waals surface area contributed by atoms with E-state index in [1.54, 1.807) is 24.3 Å². The van der Waals surface area contributed by atoms with Crippen molar-refractivity contribution < 1.29 is 33.6 Å². The molecule has 0 bridgehead atoms. The maximum Gasteiger partial charge on any atom is 0.252 e. The second-order valence-corrected chi connectivity index (χ2v) is 5.84. The number of benzene rings is 2. The molecule has 9 nitrogen and oxygen atoms in total. The van der Waals surface area contributed by atoms with Crippen LogP contribution in [0.5, 0.6) is 23.0 Å². The van der Waals surface area contributed by atoms with Gasteiger partial charge in [0, 0.05) is 17.3 Å². The number of hydrogen-bond acceptors (Lipinski definition) is 7. The molecule has 3 N–H and O–H groups in total. The maximum absolute atomic E-state index is 12.6. The van der Waals surface area contributed by atoms with Gasteiger partial charge in [-0.1, -0.05) is 6.07 Å². The number of carbonyl (C=O) groups excluding carboxylic acids is 2. The minimum Gasteiger partial charge on any atom is -0.497 e.